The van der Waals surface area contributed by atoms with Crippen LogP contribution in [-0.4, -0.2) is 99.0 Å². The molecule has 55 heavy (non-hydrogen) atoms. The molecule has 0 bridgehead atoms. The smallest absolute Gasteiger partial charge is 0.385 e. The second-order valence-electron chi connectivity index (χ2n) is 7.82. The zero-order valence-electron chi connectivity index (χ0n) is 28.0. The lowest BCUT2D eigenvalue weighted by atomic mass is 10.3. The maximum absolute atomic E-state index is 11.2. The normalized spacial score (nSPS) is 8.56. The van der Waals surface area contributed by atoms with E-state index in [-0.39, 0.29) is 93.7 Å². The van der Waals surface area contributed by atoms with Gasteiger partial charge in [0.05, 0.1) is 25.4 Å². The first kappa shape index (κ1) is 111. The van der Waals surface area contributed by atoms with Crippen molar-refractivity contribution in [3.63, 3.8) is 0 Å². The van der Waals surface area contributed by atoms with Gasteiger partial charge in [0.1, 0.15) is 6.67 Å². The molecule has 0 heterocycles. The monoisotopic (exact) mass is 861 g/mol. The Morgan fingerprint density at radius 1 is 0.545 bits per heavy atom. The van der Waals surface area contributed by atoms with Gasteiger partial charge < -0.3 is 23.7 Å². The van der Waals surface area contributed by atoms with Gasteiger partial charge in [-0.15, -0.1) is 4.94 Å². The minimum Gasteiger partial charge on any atom is -0.385 e. The highest BCUT2D eigenvalue weighted by Crippen LogP contribution is 2.14. The number of unbranched alkanes of at least 4 members (excludes halogenated alkanes) is 1. The van der Waals surface area contributed by atoms with E-state index in [0.717, 1.165) is 39.1 Å². The fraction of sp³-hybridized carbons (Fsp3) is 1.00. The van der Waals surface area contributed by atoms with Crippen LogP contribution in [0, 0.1) is 0 Å². The molecule has 0 spiro atoms. The first-order valence-electron chi connectivity index (χ1n) is 14.2. The lowest BCUT2D eigenvalue weighted by Gasteiger charge is -2.16. The van der Waals surface area contributed by atoms with Crippen molar-refractivity contribution in [3.05, 3.63) is 0 Å². The average Bonchev–Trinajstić information content (AvgIpc) is 3.06. The van der Waals surface area contributed by atoms with Gasteiger partial charge in [0.2, 0.25) is 13.7 Å². The summed E-state index contributed by atoms with van der Waals surface area (Å²) in [4.78, 5) is 6.63. The number of alkyl halides is 7. The molecule has 0 fully saturated rings. The van der Waals surface area contributed by atoms with E-state index >= 15 is 0 Å². The van der Waals surface area contributed by atoms with Gasteiger partial charge in [0, 0.05) is 33.5 Å². The van der Waals surface area contributed by atoms with Gasteiger partial charge >= 0.3 is 6.11 Å². The van der Waals surface area contributed by atoms with Crippen molar-refractivity contribution in [2.45, 2.75) is 173 Å². The minimum atomic E-state index is -4.25. The molecule has 0 aromatic carbocycles. The SMILES string of the molecule is C.C.C.C.C.C.C.C.C.C.CCCCOC.CCCOCCF.CCCOCF.CCOC(CC)COC(C)C.FCC(F)(F)OF.FCOF.FCOF. The maximum Gasteiger partial charge on any atom is 0.413 e. The fourth-order valence-electron chi connectivity index (χ4n) is 1.63. The summed E-state index contributed by atoms with van der Waals surface area (Å²) in [5.41, 5.74) is 0. The summed E-state index contributed by atoms with van der Waals surface area (Å²) in [6.45, 7) is 12.4. The van der Waals surface area contributed by atoms with Gasteiger partial charge in [0.15, 0.2) is 13.5 Å². The van der Waals surface area contributed by atoms with Gasteiger partial charge in [0.25, 0.3) is 0 Å². The summed E-state index contributed by atoms with van der Waals surface area (Å²) in [6, 6.07) is 0. The Balaban J connectivity index is -0.0000000202. The van der Waals surface area contributed by atoms with Crippen molar-refractivity contribution in [1.82, 2.24) is 0 Å². The molecule has 8 nitrogen and oxygen atoms in total. The second kappa shape index (κ2) is 117. The molecule has 0 amide bonds. The number of halogens is 10. The number of rotatable bonds is 20. The molecule has 0 aromatic rings. The van der Waals surface area contributed by atoms with E-state index in [1.165, 1.54) is 12.8 Å². The quantitative estimate of drug-likeness (QED) is 0.0885. The molecule has 0 N–H and O–H groups in total. The van der Waals surface area contributed by atoms with Crippen molar-refractivity contribution in [2.75, 3.05) is 80.7 Å². The molecule has 0 saturated heterocycles. The van der Waals surface area contributed by atoms with E-state index in [1.54, 1.807) is 7.11 Å². The zero-order chi connectivity index (χ0) is 36.6. The van der Waals surface area contributed by atoms with Gasteiger partial charge in [-0.25, -0.2) is 22.0 Å². The first-order chi connectivity index (χ1) is 21.4. The van der Waals surface area contributed by atoms with Crippen LogP contribution in [0.1, 0.15) is 155 Å². The topological polar surface area (TPSA) is 73.8 Å². The Labute approximate surface area is 336 Å². The summed E-state index contributed by atoms with van der Waals surface area (Å²) in [7, 11) is 1.73. The second-order valence-corrected chi connectivity index (χ2v) is 7.82. The Morgan fingerprint density at radius 2 is 0.945 bits per heavy atom. The summed E-state index contributed by atoms with van der Waals surface area (Å²) in [5.74, 6) is 0. The number of hydrogen-bond donors (Lipinski definition) is 0. The third-order valence-corrected chi connectivity index (χ3v) is 3.52. The van der Waals surface area contributed by atoms with Gasteiger partial charge in [-0.2, -0.15) is 18.7 Å². The van der Waals surface area contributed by atoms with Crippen LogP contribution in [-0.2, 0) is 38.5 Å². The molecule has 0 aromatic heterocycles. The van der Waals surface area contributed by atoms with Crippen LogP contribution in [0.15, 0.2) is 0 Å². The third kappa shape index (κ3) is 189. The first-order valence-corrected chi connectivity index (χ1v) is 14.2. The van der Waals surface area contributed by atoms with Crippen molar-refractivity contribution in [2.24, 2.45) is 0 Å². The predicted octanol–water partition coefficient (Wildman–Crippen LogP) is 15.8. The maximum atomic E-state index is 11.2. The van der Waals surface area contributed by atoms with E-state index in [9.17, 15) is 44.3 Å². The van der Waals surface area contributed by atoms with Crippen molar-refractivity contribution < 1.29 is 82.8 Å². The van der Waals surface area contributed by atoms with Crippen LogP contribution >= 0.6 is 0 Å². The van der Waals surface area contributed by atoms with E-state index in [1.807, 2.05) is 39.6 Å². The van der Waals surface area contributed by atoms with Crippen LogP contribution in [0.5, 0.6) is 0 Å². The lowest BCUT2D eigenvalue weighted by molar-refractivity contribution is -0.357. The molecule has 0 saturated carbocycles. The Hall–Kier alpha value is -1.02. The standard InChI is InChI=1S/C9H20O2.C5H11FO.C5H12O.C4H9FO.C2H2F4O.2CH2F2O.10CH4/c1-5-9(10-6-2)7-11-8(3)4;1-2-4-7-5-3-6;1-3-4-5-6-2;1-2-3-6-4-5;3-1-2(4,5)7-6;2*2-1-4-3;;;;;;;;;;/h8-9H,5-7H2,1-4H3;2-5H2,1H3;3-5H2,1-2H3;2-4H2,1H3;1H2;2*1H2;10*1H4. The zero-order valence-corrected chi connectivity index (χ0v) is 28.0. The number of hydrogen-bond acceptors (Lipinski definition) is 8. The van der Waals surface area contributed by atoms with Crippen LogP contribution in [0.2, 0.25) is 0 Å². The Kier molecular flexibility index (Phi) is 236. The van der Waals surface area contributed by atoms with E-state index < -0.39 is 33.4 Å². The number of methoxy groups -OCH3 is 1. The van der Waals surface area contributed by atoms with E-state index in [2.05, 4.69) is 28.5 Å². The fourth-order valence-corrected chi connectivity index (χ4v) is 1.63. The Bertz CT molecular complexity index is 400. The minimum absolute atomic E-state index is 0. The Morgan fingerprint density at radius 3 is 1.11 bits per heavy atom. The molecule has 0 aliphatic heterocycles. The summed E-state index contributed by atoms with van der Waals surface area (Å²) in [5, 5.41) is 0. The summed E-state index contributed by atoms with van der Waals surface area (Å²) in [6.07, 6.45) is 1.65. The largest absolute Gasteiger partial charge is 0.413 e. The molecule has 18 heteroatoms. The van der Waals surface area contributed by atoms with Gasteiger partial charge in [-0.3, -0.25) is 0 Å². The molecule has 0 rings (SSSR count). The van der Waals surface area contributed by atoms with Gasteiger partial charge in [-0.05, 0) is 60.0 Å². The molecule has 364 valence electrons. The lowest BCUT2D eigenvalue weighted by Crippen LogP contribution is -2.21. The highest BCUT2D eigenvalue weighted by molar-refractivity contribution is 4.53. The third-order valence-electron chi connectivity index (χ3n) is 3.52. The van der Waals surface area contributed by atoms with Crippen LogP contribution in [0.25, 0.3) is 0 Å². The predicted molar refractivity (Wildman–Crippen MR) is 220 cm³/mol. The highest BCUT2D eigenvalue weighted by atomic mass is 19.4. The van der Waals surface area contributed by atoms with Crippen LogP contribution < -0.4 is 0 Å². The molecular weight excluding hydrogens is 762 g/mol. The molecule has 0 aliphatic carbocycles. The molecule has 0 radical (unpaired) electrons. The molecule has 1 unspecified atom stereocenters. The highest BCUT2D eigenvalue weighted by Gasteiger charge is 2.31. The van der Waals surface area contributed by atoms with Crippen LogP contribution in [0.4, 0.5) is 44.3 Å². The van der Waals surface area contributed by atoms with E-state index in [0.29, 0.717) is 19.3 Å². The molecule has 1 atom stereocenters. The van der Waals surface area contributed by atoms with Crippen molar-refractivity contribution >= 4 is 0 Å². The molecular formula is C37H98F10O8. The van der Waals surface area contributed by atoms with Crippen molar-refractivity contribution in [1.29, 1.82) is 0 Å². The van der Waals surface area contributed by atoms with Crippen molar-refractivity contribution in [3.8, 4) is 0 Å². The number of ether oxygens (including phenoxy) is 5. The average molecular weight is 861 g/mol. The molecule has 0 aliphatic rings. The van der Waals surface area contributed by atoms with E-state index in [4.69, 9.17) is 18.9 Å². The van der Waals surface area contributed by atoms with Crippen LogP contribution in [0.3, 0.4) is 0 Å². The van der Waals surface area contributed by atoms with Gasteiger partial charge in [-0.1, -0.05) is 108 Å². The summed E-state index contributed by atoms with van der Waals surface area (Å²) >= 11 is 0. The summed E-state index contributed by atoms with van der Waals surface area (Å²) < 4.78 is 130.